The molecule has 1 saturated carbocycles. The molecule has 0 aromatic heterocycles. The zero-order valence-corrected chi connectivity index (χ0v) is 9.64. The summed E-state index contributed by atoms with van der Waals surface area (Å²) in [6, 6.07) is 10.3. The number of rotatable bonds is 5. The standard InChI is InChI=1S/C13H18O2.H3N/c14-7-6-12-8-13(9-12)15-10-11-4-2-1-3-5-11;/h1-5,12-14H,6-10H2;1H3. The van der Waals surface area contributed by atoms with Crippen LogP contribution in [0.4, 0.5) is 0 Å². The van der Waals surface area contributed by atoms with E-state index in [4.69, 9.17) is 9.84 Å². The van der Waals surface area contributed by atoms with Gasteiger partial charge >= 0.3 is 0 Å². The van der Waals surface area contributed by atoms with Gasteiger partial charge in [-0.15, -0.1) is 0 Å². The topological polar surface area (TPSA) is 64.5 Å². The van der Waals surface area contributed by atoms with Crippen molar-refractivity contribution in [2.75, 3.05) is 6.61 Å². The third kappa shape index (κ3) is 3.59. The fourth-order valence-electron chi connectivity index (χ4n) is 2.02. The number of benzene rings is 1. The van der Waals surface area contributed by atoms with Gasteiger partial charge in [0.05, 0.1) is 12.7 Å². The Morgan fingerprint density at radius 2 is 1.88 bits per heavy atom. The molecule has 0 saturated heterocycles. The lowest BCUT2D eigenvalue weighted by Crippen LogP contribution is -2.31. The molecular weight excluding hydrogens is 202 g/mol. The molecule has 0 unspecified atom stereocenters. The Bertz CT molecular complexity index is 283. The van der Waals surface area contributed by atoms with Crippen molar-refractivity contribution in [2.24, 2.45) is 5.92 Å². The summed E-state index contributed by atoms with van der Waals surface area (Å²) < 4.78 is 5.76. The van der Waals surface area contributed by atoms with E-state index in [1.807, 2.05) is 18.2 Å². The average molecular weight is 223 g/mol. The first-order valence-corrected chi connectivity index (χ1v) is 5.65. The Hall–Kier alpha value is -0.900. The molecule has 1 aliphatic rings. The number of hydrogen-bond donors (Lipinski definition) is 2. The van der Waals surface area contributed by atoms with Gasteiger partial charge in [0, 0.05) is 6.61 Å². The minimum atomic E-state index is 0. The molecule has 0 bridgehead atoms. The first-order chi connectivity index (χ1) is 7.38. The highest BCUT2D eigenvalue weighted by molar-refractivity contribution is 5.13. The van der Waals surface area contributed by atoms with Crippen LogP contribution in [0.1, 0.15) is 24.8 Å². The molecule has 0 atom stereocenters. The first-order valence-electron chi connectivity index (χ1n) is 5.65. The monoisotopic (exact) mass is 223 g/mol. The second-order valence-corrected chi connectivity index (χ2v) is 4.27. The van der Waals surface area contributed by atoms with Gasteiger partial charge in [-0.1, -0.05) is 30.3 Å². The number of hydrogen-bond acceptors (Lipinski definition) is 3. The first kappa shape index (κ1) is 13.2. The molecule has 4 N–H and O–H groups in total. The zero-order valence-electron chi connectivity index (χ0n) is 9.64. The molecule has 0 amide bonds. The normalized spacial score (nSPS) is 23.3. The average Bonchev–Trinajstić information content (AvgIpc) is 2.23. The predicted octanol–water partition coefficient (Wildman–Crippen LogP) is 2.53. The van der Waals surface area contributed by atoms with Gasteiger partial charge in [-0.2, -0.15) is 0 Å². The highest BCUT2D eigenvalue weighted by atomic mass is 16.5. The van der Waals surface area contributed by atoms with E-state index in [1.54, 1.807) is 0 Å². The molecule has 16 heavy (non-hydrogen) atoms. The Morgan fingerprint density at radius 3 is 2.50 bits per heavy atom. The quantitative estimate of drug-likeness (QED) is 0.806. The van der Waals surface area contributed by atoms with Gasteiger partial charge in [-0.05, 0) is 30.7 Å². The van der Waals surface area contributed by atoms with Crippen LogP contribution in [0.2, 0.25) is 0 Å². The summed E-state index contributed by atoms with van der Waals surface area (Å²) in [5.74, 6) is 0.691. The summed E-state index contributed by atoms with van der Waals surface area (Å²) in [5.41, 5.74) is 1.24. The Labute approximate surface area is 97.0 Å². The van der Waals surface area contributed by atoms with Crippen LogP contribution in [0.15, 0.2) is 30.3 Å². The maximum Gasteiger partial charge on any atom is 0.0720 e. The Morgan fingerprint density at radius 1 is 1.19 bits per heavy atom. The maximum atomic E-state index is 8.76. The lowest BCUT2D eigenvalue weighted by molar-refractivity contribution is -0.0451. The van der Waals surface area contributed by atoms with Crippen LogP contribution < -0.4 is 6.15 Å². The fourth-order valence-corrected chi connectivity index (χ4v) is 2.02. The van der Waals surface area contributed by atoms with Gasteiger partial charge in [0.2, 0.25) is 0 Å². The van der Waals surface area contributed by atoms with Crippen molar-refractivity contribution >= 4 is 0 Å². The van der Waals surface area contributed by atoms with E-state index in [1.165, 1.54) is 5.56 Å². The molecule has 1 aromatic rings. The van der Waals surface area contributed by atoms with Crippen LogP contribution in [-0.2, 0) is 11.3 Å². The summed E-state index contributed by atoms with van der Waals surface area (Å²) in [6.07, 6.45) is 3.59. The summed E-state index contributed by atoms with van der Waals surface area (Å²) in [5, 5.41) is 8.76. The highest BCUT2D eigenvalue weighted by Crippen LogP contribution is 2.32. The molecule has 3 nitrogen and oxygen atoms in total. The number of ether oxygens (including phenoxy) is 1. The fraction of sp³-hybridized carbons (Fsp3) is 0.538. The van der Waals surface area contributed by atoms with Crippen molar-refractivity contribution in [1.29, 1.82) is 0 Å². The second-order valence-electron chi connectivity index (χ2n) is 4.27. The van der Waals surface area contributed by atoms with Crippen LogP contribution in [0, 0.1) is 5.92 Å². The van der Waals surface area contributed by atoms with E-state index in [0.29, 0.717) is 18.6 Å². The molecule has 1 fully saturated rings. The Kier molecular flexibility index (Phi) is 5.46. The van der Waals surface area contributed by atoms with E-state index in [0.717, 1.165) is 25.9 Å². The molecule has 1 aliphatic carbocycles. The van der Waals surface area contributed by atoms with Crippen LogP contribution >= 0.6 is 0 Å². The molecule has 0 aliphatic heterocycles. The van der Waals surface area contributed by atoms with Crippen molar-refractivity contribution in [1.82, 2.24) is 6.15 Å². The van der Waals surface area contributed by atoms with Crippen LogP contribution in [0.25, 0.3) is 0 Å². The predicted molar refractivity (Wildman–Crippen MR) is 64.5 cm³/mol. The third-order valence-electron chi connectivity index (χ3n) is 3.06. The third-order valence-corrected chi connectivity index (χ3v) is 3.06. The van der Waals surface area contributed by atoms with Gasteiger partial charge in [0.15, 0.2) is 0 Å². The molecular formula is C13H21NO2. The molecule has 3 heteroatoms. The SMILES string of the molecule is N.OCCC1CC(OCc2ccccc2)C1. The van der Waals surface area contributed by atoms with Crippen LogP contribution in [-0.4, -0.2) is 17.8 Å². The molecule has 90 valence electrons. The van der Waals surface area contributed by atoms with Crippen molar-refractivity contribution in [2.45, 2.75) is 32.0 Å². The largest absolute Gasteiger partial charge is 0.396 e. The van der Waals surface area contributed by atoms with Crippen molar-refractivity contribution in [3.8, 4) is 0 Å². The maximum absolute atomic E-state index is 8.76. The van der Waals surface area contributed by atoms with E-state index >= 15 is 0 Å². The summed E-state index contributed by atoms with van der Waals surface area (Å²) in [4.78, 5) is 0. The van der Waals surface area contributed by atoms with E-state index in [2.05, 4.69) is 12.1 Å². The minimum Gasteiger partial charge on any atom is -0.396 e. The smallest absolute Gasteiger partial charge is 0.0720 e. The van der Waals surface area contributed by atoms with Gasteiger partial charge in [-0.25, -0.2) is 0 Å². The van der Waals surface area contributed by atoms with Crippen molar-refractivity contribution in [3.05, 3.63) is 35.9 Å². The molecule has 2 rings (SSSR count). The van der Waals surface area contributed by atoms with Gasteiger partial charge < -0.3 is 16.0 Å². The van der Waals surface area contributed by atoms with Gasteiger partial charge in [-0.3, -0.25) is 0 Å². The Balaban J connectivity index is 0.00000128. The van der Waals surface area contributed by atoms with Gasteiger partial charge in [0.25, 0.3) is 0 Å². The number of aliphatic hydroxyl groups is 1. The molecule has 0 spiro atoms. The summed E-state index contributed by atoms with van der Waals surface area (Å²) >= 11 is 0. The van der Waals surface area contributed by atoms with Crippen LogP contribution in [0.5, 0.6) is 0 Å². The lowest BCUT2D eigenvalue weighted by Gasteiger charge is -2.34. The van der Waals surface area contributed by atoms with E-state index in [9.17, 15) is 0 Å². The molecule has 1 aromatic carbocycles. The second kappa shape index (κ2) is 6.63. The van der Waals surface area contributed by atoms with Gasteiger partial charge in [0.1, 0.15) is 0 Å². The number of aliphatic hydroxyl groups excluding tert-OH is 1. The molecule has 0 radical (unpaired) electrons. The van der Waals surface area contributed by atoms with E-state index < -0.39 is 0 Å². The van der Waals surface area contributed by atoms with Crippen LogP contribution in [0.3, 0.4) is 0 Å². The lowest BCUT2D eigenvalue weighted by atomic mass is 9.80. The van der Waals surface area contributed by atoms with Crippen molar-refractivity contribution in [3.63, 3.8) is 0 Å². The molecule has 0 heterocycles. The highest BCUT2D eigenvalue weighted by Gasteiger charge is 2.28. The zero-order chi connectivity index (χ0) is 10.5. The van der Waals surface area contributed by atoms with E-state index in [-0.39, 0.29) is 6.15 Å². The van der Waals surface area contributed by atoms with Crippen molar-refractivity contribution < 1.29 is 9.84 Å². The summed E-state index contributed by atoms with van der Waals surface area (Å²) in [6.45, 7) is 1.04. The summed E-state index contributed by atoms with van der Waals surface area (Å²) in [7, 11) is 0. The minimum absolute atomic E-state index is 0.